The molecular formula is C16H14ClF2NO3. The van der Waals surface area contributed by atoms with Crippen LogP contribution < -0.4 is 14.8 Å². The van der Waals surface area contributed by atoms with Gasteiger partial charge in [0.1, 0.15) is 0 Å². The number of para-hydroxylation sites is 1. The van der Waals surface area contributed by atoms with Crippen LogP contribution in [0.5, 0.6) is 11.5 Å². The summed E-state index contributed by atoms with van der Waals surface area (Å²) in [6, 6.07) is 11.3. The SMILES string of the molecule is COc1cccc(C(=O)NCc2ccccc2Cl)c1OC(F)F. The number of benzene rings is 2. The number of hydrogen-bond donors (Lipinski definition) is 1. The predicted octanol–water partition coefficient (Wildman–Crippen LogP) is 3.88. The number of halogens is 3. The van der Waals surface area contributed by atoms with Crippen molar-refractivity contribution in [3.05, 3.63) is 58.6 Å². The maximum atomic E-state index is 12.6. The number of carbonyl (C=O) groups excluding carboxylic acids is 1. The van der Waals surface area contributed by atoms with Crippen LogP contribution >= 0.6 is 11.6 Å². The second-order valence-corrected chi connectivity index (χ2v) is 4.90. The summed E-state index contributed by atoms with van der Waals surface area (Å²) < 4.78 is 34.5. The van der Waals surface area contributed by atoms with Crippen LogP contribution in [-0.2, 0) is 6.54 Å². The van der Waals surface area contributed by atoms with Crippen LogP contribution in [0.1, 0.15) is 15.9 Å². The number of carbonyl (C=O) groups is 1. The highest BCUT2D eigenvalue weighted by Crippen LogP contribution is 2.32. The molecule has 0 atom stereocenters. The molecule has 122 valence electrons. The zero-order chi connectivity index (χ0) is 16.8. The molecule has 0 aliphatic heterocycles. The molecule has 1 N–H and O–H groups in total. The summed E-state index contributed by atoms with van der Waals surface area (Å²) in [6.07, 6.45) is 0. The quantitative estimate of drug-likeness (QED) is 0.867. The average molecular weight is 342 g/mol. The fourth-order valence-electron chi connectivity index (χ4n) is 1.98. The Morgan fingerprint density at radius 1 is 1.22 bits per heavy atom. The molecule has 2 rings (SSSR count). The molecule has 0 fully saturated rings. The van der Waals surface area contributed by atoms with Gasteiger partial charge in [-0.1, -0.05) is 35.9 Å². The molecule has 0 aromatic heterocycles. The predicted molar refractivity (Wildman–Crippen MR) is 82.2 cm³/mol. The molecule has 0 spiro atoms. The first kappa shape index (κ1) is 17.0. The van der Waals surface area contributed by atoms with E-state index in [-0.39, 0.29) is 23.6 Å². The van der Waals surface area contributed by atoms with Gasteiger partial charge in [-0.2, -0.15) is 8.78 Å². The Morgan fingerprint density at radius 2 is 1.96 bits per heavy atom. The van der Waals surface area contributed by atoms with Crippen molar-refractivity contribution in [2.24, 2.45) is 0 Å². The van der Waals surface area contributed by atoms with Crippen molar-refractivity contribution >= 4 is 17.5 Å². The first-order valence-electron chi connectivity index (χ1n) is 6.66. The van der Waals surface area contributed by atoms with Crippen molar-refractivity contribution in [3.8, 4) is 11.5 Å². The summed E-state index contributed by atoms with van der Waals surface area (Å²) in [5, 5.41) is 3.12. The molecule has 0 saturated heterocycles. The number of methoxy groups -OCH3 is 1. The molecule has 0 saturated carbocycles. The molecular weight excluding hydrogens is 328 g/mol. The summed E-state index contributed by atoms with van der Waals surface area (Å²) in [7, 11) is 1.30. The smallest absolute Gasteiger partial charge is 0.387 e. The van der Waals surface area contributed by atoms with Crippen molar-refractivity contribution in [1.82, 2.24) is 5.32 Å². The molecule has 4 nitrogen and oxygen atoms in total. The highest BCUT2D eigenvalue weighted by atomic mass is 35.5. The maximum Gasteiger partial charge on any atom is 0.387 e. The van der Waals surface area contributed by atoms with Gasteiger partial charge in [0.05, 0.1) is 12.7 Å². The van der Waals surface area contributed by atoms with Gasteiger partial charge in [0.15, 0.2) is 11.5 Å². The zero-order valence-corrected chi connectivity index (χ0v) is 12.9. The van der Waals surface area contributed by atoms with E-state index in [1.165, 1.54) is 25.3 Å². The van der Waals surface area contributed by atoms with Gasteiger partial charge in [-0.15, -0.1) is 0 Å². The molecule has 2 aromatic carbocycles. The zero-order valence-electron chi connectivity index (χ0n) is 12.2. The van der Waals surface area contributed by atoms with E-state index in [1.54, 1.807) is 24.3 Å². The third-order valence-electron chi connectivity index (χ3n) is 3.05. The highest BCUT2D eigenvalue weighted by Gasteiger charge is 2.20. The Bertz CT molecular complexity index is 695. The molecule has 23 heavy (non-hydrogen) atoms. The molecule has 0 bridgehead atoms. The van der Waals surface area contributed by atoms with Crippen molar-refractivity contribution in [2.75, 3.05) is 7.11 Å². The maximum absolute atomic E-state index is 12.6. The number of amides is 1. The number of rotatable bonds is 6. The summed E-state index contributed by atoms with van der Waals surface area (Å²) in [6.45, 7) is -2.91. The van der Waals surface area contributed by atoms with Gasteiger partial charge in [0.25, 0.3) is 5.91 Å². The molecule has 0 radical (unpaired) electrons. The van der Waals surface area contributed by atoms with E-state index in [0.717, 1.165) is 0 Å². The first-order valence-corrected chi connectivity index (χ1v) is 7.04. The monoisotopic (exact) mass is 341 g/mol. The number of nitrogens with one attached hydrogen (secondary N) is 1. The second kappa shape index (κ2) is 7.78. The van der Waals surface area contributed by atoms with E-state index < -0.39 is 12.5 Å². The number of hydrogen-bond acceptors (Lipinski definition) is 3. The summed E-state index contributed by atoms with van der Waals surface area (Å²) in [4.78, 5) is 12.3. The molecule has 0 heterocycles. The Morgan fingerprint density at radius 3 is 2.61 bits per heavy atom. The normalized spacial score (nSPS) is 10.5. The van der Waals surface area contributed by atoms with Crippen LogP contribution in [0.3, 0.4) is 0 Å². The van der Waals surface area contributed by atoms with Crippen LogP contribution in [0, 0.1) is 0 Å². The van der Waals surface area contributed by atoms with E-state index in [0.29, 0.717) is 10.6 Å². The molecule has 0 aliphatic carbocycles. The topological polar surface area (TPSA) is 47.6 Å². The Kier molecular flexibility index (Phi) is 5.76. The average Bonchev–Trinajstić information content (AvgIpc) is 2.53. The fourth-order valence-corrected chi connectivity index (χ4v) is 2.18. The van der Waals surface area contributed by atoms with Gasteiger partial charge in [-0.3, -0.25) is 4.79 Å². The minimum absolute atomic E-state index is 0.0447. The molecule has 2 aromatic rings. The third kappa shape index (κ3) is 4.32. The van der Waals surface area contributed by atoms with E-state index in [4.69, 9.17) is 16.3 Å². The van der Waals surface area contributed by atoms with Crippen LogP contribution in [0.2, 0.25) is 5.02 Å². The van der Waals surface area contributed by atoms with E-state index in [2.05, 4.69) is 10.1 Å². The summed E-state index contributed by atoms with van der Waals surface area (Å²) in [5.41, 5.74) is 0.665. The van der Waals surface area contributed by atoms with E-state index in [1.807, 2.05) is 0 Å². The van der Waals surface area contributed by atoms with Gasteiger partial charge in [0, 0.05) is 11.6 Å². The Hall–Kier alpha value is -2.34. The van der Waals surface area contributed by atoms with Crippen molar-refractivity contribution in [3.63, 3.8) is 0 Å². The standard InChI is InChI=1S/C16H14ClF2NO3/c1-22-13-8-4-6-11(14(13)23-16(18)19)15(21)20-9-10-5-2-3-7-12(10)17/h2-8,16H,9H2,1H3,(H,20,21). The lowest BCUT2D eigenvalue weighted by Gasteiger charge is -2.14. The fraction of sp³-hybridized carbons (Fsp3) is 0.188. The minimum Gasteiger partial charge on any atom is -0.493 e. The highest BCUT2D eigenvalue weighted by molar-refractivity contribution is 6.31. The van der Waals surface area contributed by atoms with Gasteiger partial charge in [-0.05, 0) is 23.8 Å². The molecule has 0 unspecified atom stereocenters. The van der Waals surface area contributed by atoms with Crippen LogP contribution in [0.25, 0.3) is 0 Å². The lowest BCUT2D eigenvalue weighted by atomic mass is 10.1. The van der Waals surface area contributed by atoms with Gasteiger partial charge < -0.3 is 14.8 Å². The van der Waals surface area contributed by atoms with E-state index >= 15 is 0 Å². The van der Waals surface area contributed by atoms with E-state index in [9.17, 15) is 13.6 Å². The largest absolute Gasteiger partial charge is 0.493 e. The lowest BCUT2D eigenvalue weighted by molar-refractivity contribution is -0.0515. The lowest BCUT2D eigenvalue weighted by Crippen LogP contribution is -2.24. The van der Waals surface area contributed by atoms with Crippen molar-refractivity contribution < 1.29 is 23.0 Å². The third-order valence-corrected chi connectivity index (χ3v) is 3.42. The first-order chi connectivity index (χ1) is 11.0. The number of ether oxygens (including phenoxy) is 2. The van der Waals surface area contributed by atoms with Crippen molar-refractivity contribution in [1.29, 1.82) is 0 Å². The van der Waals surface area contributed by atoms with Crippen molar-refractivity contribution in [2.45, 2.75) is 13.2 Å². The number of alkyl halides is 2. The van der Waals surface area contributed by atoms with Gasteiger partial charge in [0.2, 0.25) is 0 Å². The van der Waals surface area contributed by atoms with Gasteiger partial charge >= 0.3 is 6.61 Å². The molecule has 1 amide bonds. The summed E-state index contributed by atoms with van der Waals surface area (Å²) >= 11 is 6.01. The summed E-state index contributed by atoms with van der Waals surface area (Å²) in [5.74, 6) is -0.822. The molecule has 0 aliphatic rings. The Balaban J connectivity index is 2.20. The minimum atomic E-state index is -3.07. The molecule has 7 heteroatoms. The Labute approximate surface area is 137 Å². The van der Waals surface area contributed by atoms with Crippen LogP contribution in [-0.4, -0.2) is 19.6 Å². The van der Waals surface area contributed by atoms with Crippen LogP contribution in [0.4, 0.5) is 8.78 Å². The second-order valence-electron chi connectivity index (χ2n) is 4.49. The van der Waals surface area contributed by atoms with Gasteiger partial charge in [-0.25, -0.2) is 0 Å². The van der Waals surface area contributed by atoms with Crippen LogP contribution in [0.15, 0.2) is 42.5 Å².